The van der Waals surface area contributed by atoms with Crippen LogP contribution in [0.5, 0.6) is 0 Å². The van der Waals surface area contributed by atoms with Gasteiger partial charge in [-0.3, -0.25) is 0 Å². The molecule has 3 N–H and O–H groups in total. The topological polar surface area (TPSA) is 98.0 Å². The third kappa shape index (κ3) is 3.91. The van der Waals surface area contributed by atoms with Crippen molar-refractivity contribution in [1.82, 2.24) is 9.97 Å². The van der Waals surface area contributed by atoms with Crippen LogP contribution in [0, 0.1) is 6.92 Å². The second-order valence-corrected chi connectivity index (χ2v) is 6.43. The second-order valence-electron chi connectivity index (χ2n) is 4.75. The van der Waals surface area contributed by atoms with Crippen molar-refractivity contribution < 1.29 is 8.42 Å². The fourth-order valence-corrected chi connectivity index (χ4v) is 2.83. The SMILES string of the molecule is CCCc1cc(C)nc(NS(=O)(=O)c2ccc(N)cc2)n1. The van der Waals surface area contributed by atoms with Gasteiger partial charge in [0.25, 0.3) is 10.0 Å². The molecule has 0 bridgehead atoms. The molecule has 1 aromatic carbocycles. The molecule has 7 heteroatoms. The number of aryl methyl sites for hydroxylation is 2. The molecule has 0 radical (unpaired) electrons. The van der Waals surface area contributed by atoms with Crippen molar-refractivity contribution >= 4 is 21.7 Å². The Balaban J connectivity index is 2.30. The Labute approximate surface area is 124 Å². The van der Waals surface area contributed by atoms with Gasteiger partial charge in [0.05, 0.1) is 4.90 Å². The lowest BCUT2D eigenvalue weighted by Gasteiger charge is -2.09. The van der Waals surface area contributed by atoms with Gasteiger partial charge in [-0.2, -0.15) is 0 Å². The maximum atomic E-state index is 12.3. The van der Waals surface area contributed by atoms with Crippen molar-refractivity contribution in [3.63, 3.8) is 0 Å². The van der Waals surface area contributed by atoms with Crippen LogP contribution < -0.4 is 10.5 Å². The molecule has 0 spiro atoms. The minimum absolute atomic E-state index is 0.0928. The fourth-order valence-electron chi connectivity index (χ4n) is 1.89. The van der Waals surface area contributed by atoms with Crippen LogP contribution in [0.1, 0.15) is 24.7 Å². The van der Waals surface area contributed by atoms with Crippen LogP contribution in [0.25, 0.3) is 0 Å². The third-order valence-corrected chi connectivity index (χ3v) is 4.17. The summed E-state index contributed by atoms with van der Waals surface area (Å²) in [6, 6.07) is 7.81. The summed E-state index contributed by atoms with van der Waals surface area (Å²) in [4.78, 5) is 8.47. The summed E-state index contributed by atoms with van der Waals surface area (Å²) in [5.74, 6) is 0.0928. The van der Waals surface area contributed by atoms with Gasteiger partial charge >= 0.3 is 0 Å². The van der Waals surface area contributed by atoms with E-state index in [2.05, 4.69) is 14.7 Å². The number of benzene rings is 1. The van der Waals surface area contributed by atoms with Gasteiger partial charge in [0.2, 0.25) is 5.95 Å². The summed E-state index contributed by atoms with van der Waals surface area (Å²) >= 11 is 0. The van der Waals surface area contributed by atoms with Crippen molar-refractivity contribution in [2.45, 2.75) is 31.6 Å². The molecule has 21 heavy (non-hydrogen) atoms. The molecule has 0 amide bonds. The van der Waals surface area contributed by atoms with E-state index in [0.29, 0.717) is 5.69 Å². The first-order valence-corrected chi connectivity index (χ1v) is 8.12. The van der Waals surface area contributed by atoms with E-state index in [4.69, 9.17) is 5.73 Å². The van der Waals surface area contributed by atoms with E-state index in [1.54, 1.807) is 0 Å². The number of nitrogen functional groups attached to an aromatic ring is 1. The molecule has 1 heterocycles. The number of nitrogens with two attached hydrogens (primary N) is 1. The van der Waals surface area contributed by atoms with Crippen LogP contribution in [0.15, 0.2) is 35.2 Å². The smallest absolute Gasteiger partial charge is 0.264 e. The van der Waals surface area contributed by atoms with Crippen molar-refractivity contribution in [1.29, 1.82) is 0 Å². The van der Waals surface area contributed by atoms with Crippen molar-refractivity contribution in [2.24, 2.45) is 0 Å². The molecule has 112 valence electrons. The predicted molar refractivity (Wildman–Crippen MR) is 82.4 cm³/mol. The van der Waals surface area contributed by atoms with Crippen LogP contribution >= 0.6 is 0 Å². The van der Waals surface area contributed by atoms with Crippen molar-refractivity contribution in [3.8, 4) is 0 Å². The lowest BCUT2D eigenvalue weighted by molar-refractivity contribution is 0.600. The highest BCUT2D eigenvalue weighted by molar-refractivity contribution is 7.92. The molecule has 0 fully saturated rings. The van der Waals surface area contributed by atoms with Crippen LogP contribution in [-0.4, -0.2) is 18.4 Å². The molecule has 6 nitrogen and oxygen atoms in total. The van der Waals surface area contributed by atoms with E-state index >= 15 is 0 Å². The minimum Gasteiger partial charge on any atom is -0.399 e. The lowest BCUT2D eigenvalue weighted by atomic mass is 10.2. The summed E-state index contributed by atoms with van der Waals surface area (Å²) in [5.41, 5.74) is 7.61. The molecule has 2 rings (SSSR count). The van der Waals surface area contributed by atoms with E-state index in [-0.39, 0.29) is 10.8 Å². The first-order chi connectivity index (χ1) is 9.90. The summed E-state index contributed by atoms with van der Waals surface area (Å²) < 4.78 is 26.9. The highest BCUT2D eigenvalue weighted by Crippen LogP contribution is 2.16. The highest BCUT2D eigenvalue weighted by atomic mass is 32.2. The van der Waals surface area contributed by atoms with Gasteiger partial charge in [0.1, 0.15) is 0 Å². The molecule has 0 saturated heterocycles. The predicted octanol–water partition coefficient (Wildman–Crippen LogP) is 2.12. The standard InChI is InChI=1S/C14H18N4O2S/c1-3-4-12-9-10(2)16-14(17-12)18-21(19,20)13-7-5-11(15)6-8-13/h5-9H,3-4,15H2,1-2H3,(H,16,17,18). The summed E-state index contributed by atoms with van der Waals surface area (Å²) in [7, 11) is -3.71. The van der Waals surface area contributed by atoms with Gasteiger partial charge in [-0.05, 0) is 43.7 Å². The molecule has 0 saturated carbocycles. The molecular formula is C14H18N4O2S. The summed E-state index contributed by atoms with van der Waals surface area (Å²) in [5, 5.41) is 0. The maximum Gasteiger partial charge on any atom is 0.264 e. The average Bonchev–Trinajstić information content (AvgIpc) is 2.38. The van der Waals surface area contributed by atoms with E-state index in [1.807, 2.05) is 19.9 Å². The molecule has 0 aliphatic rings. The maximum absolute atomic E-state index is 12.3. The number of hydrogen-bond donors (Lipinski definition) is 2. The Bertz CT molecular complexity index is 727. The highest BCUT2D eigenvalue weighted by Gasteiger charge is 2.16. The van der Waals surface area contributed by atoms with Crippen LogP contribution in [-0.2, 0) is 16.4 Å². The van der Waals surface area contributed by atoms with Gasteiger partial charge in [-0.1, -0.05) is 13.3 Å². The Morgan fingerprint density at radius 1 is 1.19 bits per heavy atom. The Morgan fingerprint density at radius 2 is 1.86 bits per heavy atom. The zero-order valence-corrected chi connectivity index (χ0v) is 12.8. The first kappa shape index (κ1) is 15.2. The van der Waals surface area contributed by atoms with Gasteiger partial charge in [0.15, 0.2) is 0 Å². The zero-order chi connectivity index (χ0) is 15.5. The third-order valence-electron chi connectivity index (χ3n) is 2.83. The summed E-state index contributed by atoms with van der Waals surface area (Å²) in [6.45, 7) is 3.84. The fraction of sp³-hybridized carbons (Fsp3) is 0.286. The van der Waals surface area contributed by atoms with Gasteiger partial charge in [0, 0.05) is 17.1 Å². The molecule has 0 aliphatic carbocycles. The van der Waals surface area contributed by atoms with Crippen LogP contribution in [0.3, 0.4) is 0 Å². The number of sulfonamides is 1. The minimum atomic E-state index is -3.71. The second kappa shape index (κ2) is 6.09. The molecule has 0 unspecified atom stereocenters. The van der Waals surface area contributed by atoms with Gasteiger partial charge in [-0.25, -0.2) is 23.1 Å². The Hall–Kier alpha value is -2.15. The van der Waals surface area contributed by atoms with Gasteiger partial charge in [-0.15, -0.1) is 0 Å². The molecule has 2 aromatic rings. The molecular weight excluding hydrogens is 288 g/mol. The van der Waals surface area contributed by atoms with Crippen molar-refractivity contribution in [2.75, 3.05) is 10.5 Å². The summed E-state index contributed by atoms with van der Waals surface area (Å²) in [6.07, 6.45) is 1.71. The van der Waals surface area contributed by atoms with E-state index in [0.717, 1.165) is 24.2 Å². The average molecular weight is 306 g/mol. The monoisotopic (exact) mass is 306 g/mol. The molecule has 0 atom stereocenters. The lowest BCUT2D eigenvalue weighted by Crippen LogP contribution is -2.16. The number of nitrogens with zero attached hydrogens (tertiary/aromatic N) is 2. The first-order valence-electron chi connectivity index (χ1n) is 6.63. The van der Waals surface area contributed by atoms with Crippen LogP contribution in [0.4, 0.5) is 11.6 Å². The number of nitrogens with one attached hydrogen (secondary N) is 1. The molecule has 1 aromatic heterocycles. The Kier molecular flexibility index (Phi) is 4.42. The number of aromatic nitrogens is 2. The van der Waals surface area contributed by atoms with E-state index in [1.165, 1.54) is 24.3 Å². The van der Waals surface area contributed by atoms with Crippen LogP contribution in [0.2, 0.25) is 0 Å². The Morgan fingerprint density at radius 3 is 2.48 bits per heavy atom. The largest absolute Gasteiger partial charge is 0.399 e. The van der Waals surface area contributed by atoms with E-state index < -0.39 is 10.0 Å². The van der Waals surface area contributed by atoms with E-state index in [9.17, 15) is 8.42 Å². The number of hydrogen-bond acceptors (Lipinski definition) is 5. The number of anilines is 2. The quantitative estimate of drug-likeness (QED) is 0.824. The number of rotatable bonds is 5. The normalized spacial score (nSPS) is 11.3. The van der Waals surface area contributed by atoms with Gasteiger partial charge < -0.3 is 5.73 Å². The zero-order valence-electron chi connectivity index (χ0n) is 12.0. The molecule has 0 aliphatic heterocycles. The van der Waals surface area contributed by atoms with Crippen molar-refractivity contribution in [3.05, 3.63) is 41.7 Å².